The summed E-state index contributed by atoms with van der Waals surface area (Å²) in [5, 5.41) is 13.6. The third-order valence-electron chi connectivity index (χ3n) is 7.23. The second-order valence-corrected chi connectivity index (χ2v) is 11.3. The molecule has 4 aliphatic rings. The van der Waals surface area contributed by atoms with Gasteiger partial charge in [-0.05, 0) is 104 Å². The maximum atomic E-state index is 5.28. The second-order valence-electron chi connectivity index (χ2n) is 9.27. The first kappa shape index (κ1) is 29.8. The van der Waals surface area contributed by atoms with Gasteiger partial charge in [0.2, 0.25) is 0 Å². The SMILES string of the molecule is S=C([S-])N(C1CCNCC1)C1CCNCC1.S=C([S-])N(C1CCNCC1)C1CCNCC1.[Ni+2]. The van der Waals surface area contributed by atoms with Crippen LogP contribution >= 0.6 is 24.4 Å². The van der Waals surface area contributed by atoms with Gasteiger partial charge in [0, 0.05) is 24.2 Å². The number of piperidine rings is 4. The van der Waals surface area contributed by atoms with Crippen LogP contribution in [0, 0.1) is 0 Å². The predicted octanol–water partition coefficient (Wildman–Crippen LogP) is 1.25. The minimum Gasteiger partial charge on any atom is -0.411 e. The zero-order chi connectivity index (χ0) is 22.8. The molecule has 0 spiro atoms. The van der Waals surface area contributed by atoms with Crippen molar-refractivity contribution in [2.75, 3.05) is 52.4 Å². The average Bonchev–Trinajstić information content (AvgIpc) is 2.82. The van der Waals surface area contributed by atoms with Gasteiger partial charge in [-0.1, -0.05) is 8.64 Å². The molecule has 0 saturated carbocycles. The summed E-state index contributed by atoms with van der Waals surface area (Å²) in [5.74, 6) is 0. The summed E-state index contributed by atoms with van der Waals surface area (Å²) in [7, 11) is 0. The molecule has 4 saturated heterocycles. The van der Waals surface area contributed by atoms with Crippen molar-refractivity contribution in [3.05, 3.63) is 0 Å². The Morgan fingerprint density at radius 3 is 0.818 bits per heavy atom. The summed E-state index contributed by atoms with van der Waals surface area (Å²) in [4.78, 5) is 4.71. The maximum absolute atomic E-state index is 5.28. The summed E-state index contributed by atoms with van der Waals surface area (Å²) >= 11 is 21.1. The summed E-state index contributed by atoms with van der Waals surface area (Å²) in [5.41, 5.74) is 0. The summed E-state index contributed by atoms with van der Waals surface area (Å²) in [6, 6.07) is 2.31. The minimum atomic E-state index is 0. The fourth-order valence-electron chi connectivity index (χ4n) is 5.53. The number of nitrogens with one attached hydrogen (secondary N) is 4. The molecule has 0 bridgehead atoms. The van der Waals surface area contributed by atoms with E-state index in [9.17, 15) is 0 Å². The zero-order valence-electron chi connectivity index (χ0n) is 19.5. The fourth-order valence-corrected chi connectivity index (χ4v) is 6.72. The third-order valence-corrected chi connectivity index (χ3v) is 8.07. The van der Waals surface area contributed by atoms with Crippen LogP contribution in [0.3, 0.4) is 0 Å². The Bertz CT molecular complexity index is 491. The van der Waals surface area contributed by atoms with Gasteiger partial charge < -0.3 is 80.8 Å². The van der Waals surface area contributed by atoms with Gasteiger partial charge in [0.25, 0.3) is 0 Å². The van der Waals surface area contributed by atoms with Crippen molar-refractivity contribution in [2.24, 2.45) is 0 Å². The molecule has 4 N–H and O–H groups in total. The second kappa shape index (κ2) is 16.3. The average molecular weight is 576 g/mol. The molecule has 0 atom stereocenters. The van der Waals surface area contributed by atoms with E-state index in [0.717, 1.165) is 52.4 Å². The molecule has 0 amide bonds. The fraction of sp³-hybridized carbons (Fsp3) is 0.909. The standard InChI is InChI=1S/2C11H21N3S2.Ni/c2*15-11(16)14(9-1-5-12-6-2-9)10-3-7-13-8-4-10;/h2*9-10,12-13H,1-8H2,(H,15,16);/q;;+2/p-2. The van der Waals surface area contributed by atoms with E-state index < -0.39 is 0 Å². The molecule has 0 radical (unpaired) electrons. The molecule has 33 heavy (non-hydrogen) atoms. The largest absolute Gasteiger partial charge is 2.00 e. The first-order chi connectivity index (χ1) is 15.6. The van der Waals surface area contributed by atoms with Crippen LogP contribution < -0.4 is 21.3 Å². The predicted molar refractivity (Wildman–Crippen MR) is 147 cm³/mol. The molecule has 192 valence electrons. The van der Waals surface area contributed by atoms with E-state index >= 15 is 0 Å². The Kier molecular flexibility index (Phi) is 14.7. The van der Waals surface area contributed by atoms with E-state index in [4.69, 9.17) is 49.7 Å². The van der Waals surface area contributed by atoms with Gasteiger partial charge in [0.1, 0.15) is 0 Å². The first-order valence-corrected chi connectivity index (χ1v) is 14.0. The Labute approximate surface area is 232 Å². The van der Waals surface area contributed by atoms with E-state index in [-0.39, 0.29) is 16.5 Å². The number of thiocarbonyl (C=S) groups is 2. The van der Waals surface area contributed by atoms with Crippen LogP contribution in [0.25, 0.3) is 0 Å². The van der Waals surface area contributed by atoms with E-state index in [1.54, 1.807) is 0 Å². The summed E-state index contributed by atoms with van der Waals surface area (Å²) in [6.07, 6.45) is 9.45. The van der Waals surface area contributed by atoms with Crippen LogP contribution in [0.15, 0.2) is 0 Å². The monoisotopic (exact) mass is 574 g/mol. The Balaban J connectivity index is 0.000000227. The molecule has 0 unspecified atom stereocenters. The molecule has 0 aromatic carbocycles. The smallest absolute Gasteiger partial charge is 0.411 e. The molecule has 0 aliphatic carbocycles. The first-order valence-electron chi connectivity index (χ1n) is 12.4. The van der Waals surface area contributed by atoms with Crippen LogP contribution in [0.4, 0.5) is 0 Å². The quantitative estimate of drug-likeness (QED) is 0.224. The molecular weight excluding hydrogens is 535 g/mol. The molecule has 0 aromatic heterocycles. The molecule has 6 nitrogen and oxygen atoms in total. The molecule has 0 aromatic rings. The van der Waals surface area contributed by atoms with Crippen molar-refractivity contribution >= 4 is 58.3 Å². The topological polar surface area (TPSA) is 54.6 Å². The molecule has 4 fully saturated rings. The molecular formula is C22H40N6NiS4. The summed E-state index contributed by atoms with van der Waals surface area (Å²) in [6.45, 7) is 8.81. The zero-order valence-corrected chi connectivity index (χ0v) is 23.7. The minimum absolute atomic E-state index is 0. The number of rotatable bonds is 4. The Morgan fingerprint density at radius 1 is 0.485 bits per heavy atom. The van der Waals surface area contributed by atoms with E-state index in [1.165, 1.54) is 51.4 Å². The van der Waals surface area contributed by atoms with Crippen LogP contribution in [-0.4, -0.2) is 95.0 Å². The van der Waals surface area contributed by atoms with Crippen LogP contribution in [0.5, 0.6) is 0 Å². The summed E-state index contributed by atoms with van der Waals surface area (Å²) < 4.78 is 1.36. The van der Waals surface area contributed by atoms with Gasteiger partial charge in [-0.3, -0.25) is 0 Å². The van der Waals surface area contributed by atoms with Crippen molar-refractivity contribution in [3.63, 3.8) is 0 Å². The van der Waals surface area contributed by atoms with Gasteiger partial charge in [0.05, 0.1) is 0 Å². The Hall–Kier alpha value is 0.554. The van der Waals surface area contributed by atoms with E-state index in [2.05, 4.69) is 31.1 Å². The molecule has 4 aliphatic heterocycles. The van der Waals surface area contributed by atoms with Crippen LogP contribution in [0.2, 0.25) is 0 Å². The van der Waals surface area contributed by atoms with Gasteiger partial charge >= 0.3 is 16.5 Å². The number of hydrogen-bond donors (Lipinski definition) is 4. The van der Waals surface area contributed by atoms with Gasteiger partial charge in [0.15, 0.2) is 0 Å². The Morgan fingerprint density at radius 2 is 0.667 bits per heavy atom. The van der Waals surface area contributed by atoms with Crippen molar-refractivity contribution in [3.8, 4) is 0 Å². The van der Waals surface area contributed by atoms with Gasteiger partial charge in [-0.2, -0.15) is 0 Å². The van der Waals surface area contributed by atoms with Crippen molar-refractivity contribution in [2.45, 2.75) is 75.5 Å². The third kappa shape index (κ3) is 9.50. The number of hydrogen-bond acceptors (Lipinski definition) is 8. The van der Waals surface area contributed by atoms with Crippen molar-refractivity contribution < 1.29 is 16.5 Å². The normalized spacial score (nSPS) is 23.5. The number of nitrogens with zero attached hydrogens (tertiary/aromatic N) is 2. The molecule has 4 rings (SSSR count). The van der Waals surface area contributed by atoms with Gasteiger partial charge in [-0.15, -0.1) is 0 Å². The van der Waals surface area contributed by atoms with E-state index in [0.29, 0.717) is 32.8 Å². The molecule has 11 heteroatoms. The van der Waals surface area contributed by atoms with E-state index in [1.807, 2.05) is 0 Å². The maximum Gasteiger partial charge on any atom is 2.00 e. The van der Waals surface area contributed by atoms with Crippen molar-refractivity contribution in [1.82, 2.24) is 31.1 Å². The van der Waals surface area contributed by atoms with Crippen LogP contribution in [-0.2, 0) is 41.7 Å². The van der Waals surface area contributed by atoms with Crippen molar-refractivity contribution in [1.29, 1.82) is 0 Å². The van der Waals surface area contributed by atoms with Gasteiger partial charge in [-0.25, -0.2) is 0 Å². The molecule has 4 heterocycles. The van der Waals surface area contributed by atoms with Crippen LogP contribution in [0.1, 0.15) is 51.4 Å².